The molecule has 1 aliphatic carbocycles. The van der Waals surface area contributed by atoms with Gasteiger partial charge in [0.05, 0.1) is 12.5 Å². The molecule has 0 spiro atoms. The van der Waals surface area contributed by atoms with Crippen LogP contribution in [-0.2, 0) is 18.4 Å². The van der Waals surface area contributed by atoms with Crippen LogP contribution in [0.25, 0.3) is 0 Å². The van der Waals surface area contributed by atoms with Gasteiger partial charge in [0.2, 0.25) is 0 Å². The van der Waals surface area contributed by atoms with Crippen molar-refractivity contribution >= 4 is 12.0 Å². The molecule has 1 heterocycles. The summed E-state index contributed by atoms with van der Waals surface area (Å²) < 4.78 is 1.70. The molecule has 1 aromatic heterocycles. The maximum atomic E-state index is 11.7. The van der Waals surface area contributed by atoms with Crippen molar-refractivity contribution in [3.63, 3.8) is 0 Å². The Morgan fingerprint density at radius 1 is 1.53 bits per heavy atom. The van der Waals surface area contributed by atoms with Crippen molar-refractivity contribution in [2.45, 2.75) is 31.8 Å². The predicted octanol–water partition coefficient (Wildman–Crippen LogP) is -0.132. The van der Waals surface area contributed by atoms with Gasteiger partial charge in [0, 0.05) is 13.1 Å². The molecule has 8 heteroatoms. The van der Waals surface area contributed by atoms with Gasteiger partial charge in [-0.05, 0) is 12.8 Å². The second kappa shape index (κ2) is 5.68. The smallest absolute Gasteiger partial charge is 0.315 e. The first-order valence-electron chi connectivity index (χ1n) is 6.18. The first kappa shape index (κ1) is 13.3. The van der Waals surface area contributed by atoms with Gasteiger partial charge in [-0.25, -0.2) is 4.79 Å². The monoisotopic (exact) mass is 267 g/mol. The van der Waals surface area contributed by atoms with E-state index in [1.165, 1.54) is 0 Å². The number of aromatic nitrogens is 3. The lowest BCUT2D eigenvalue weighted by Gasteiger charge is -2.17. The molecule has 0 aromatic carbocycles. The highest BCUT2D eigenvalue weighted by atomic mass is 16.4. The van der Waals surface area contributed by atoms with Crippen LogP contribution in [0.2, 0.25) is 0 Å². The van der Waals surface area contributed by atoms with Crippen LogP contribution in [0.1, 0.15) is 25.1 Å². The summed E-state index contributed by atoms with van der Waals surface area (Å²) in [4.78, 5) is 22.7. The standard InChI is InChI=1S/C11H17N5O3/c1-16-6-13-15-9(16)5-12-11(19)14-8-4-2-3-7(8)10(17)18/h6-8H,2-5H2,1H3,(H,17,18)(H2,12,14,19). The number of rotatable bonds is 4. The van der Waals surface area contributed by atoms with Crippen LogP contribution in [0.5, 0.6) is 0 Å². The summed E-state index contributed by atoms with van der Waals surface area (Å²) in [6.07, 6.45) is 3.69. The Labute approximate surface area is 110 Å². The average molecular weight is 267 g/mol. The molecule has 8 nitrogen and oxygen atoms in total. The van der Waals surface area contributed by atoms with Gasteiger partial charge >= 0.3 is 12.0 Å². The van der Waals surface area contributed by atoms with Crippen molar-refractivity contribution in [1.82, 2.24) is 25.4 Å². The number of hydrogen-bond donors (Lipinski definition) is 3. The Kier molecular flexibility index (Phi) is 3.98. The minimum atomic E-state index is -0.851. The lowest BCUT2D eigenvalue weighted by Crippen LogP contribution is -2.45. The number of carboxylic acids is 1. The number of aliphatic carboxylic acids is 1. The van der Waals surface area contributed by atoms with Gasteiger partial charge in [0.15, 0.2) is 5.82 Å². The molecular formula is C11H17N5O3. The van der Waals surface area contributed by atoms with Crippen LogP contribution in [0.4, 0.5) is 4.79 Å². The molecule has 2 unspecified atom stereocenters. The number of amides is 2. The van der Waals surface area contributed by atoms with Crippen LogP contribution in [-0.4, -0.2) is 37.9 Å². The van der Waals surface area contributed by atoms with E-state index in [1.54, 1.807) is 17.9 Å². The minimum absolute atomic E-state index is 0.257. The molecule has 2 amide bonds. The second-order valence-electron chi connectivity index (χ2n) is 4.67. The topological polar surface area (TPSA) is 109 Å². The Hall–Kier alpha value is -2.12. The number of carbonyl (C=O) groups excluding carboxylic acids is 1. The molecule has 1 aliphatic rings. The summed E-state index contributed by atoms with van der Waals surface area (Å²) in [5.74, 6) is -0.701. The van der Waals surface area contributed by atoms with Gasteiger partial charge < -0.3 is 20.3 Å². The first-order valence-corrected chi connectivity index (χ1v) is 6.18. The zero-order valence-electron chi connectivity index (χ0n) is 10.7. The molecule has 0 radical (unpaired) electrons. The Morgan fingerprint density at radius 2 is 2.32 bits per heavy atom. The highest BCUT2D eigenvalue weighted by Crippen LogP contribution is 2.25. The molecular weight excluding hydrogens is 250 g/mol. The number of nitrogens with zero attached hydrogens (tertiary/aromatic N) is 3. The zero-order valence-corrected chi connectivity index (χ0v) is 10.7. The summed E-state index contributed by atoms with van der Waals surface area (Å²) >= 11 is 0. The van der Waals surface area contributed by atoms with E-state index < -0.39 is 11.9 Å². The Morgan fingerprint density at radius 3 is 2.95 bits per heavy atom. The van der Waals surface area contributed by atoms with E-state index in [-0.39, 0.29) is 18.6 Å². The number of aryl methyl sites for hydroxylation is 1. The summed E-state index contributed by atoms with van der Waals surface area (Å²) in [7, 11) is 1.78. The molecule has 2 rings (SSSR count). The maximum absolute atomic E-state index is 11.7. The highest BCUT2D eigenvalue weighted by Gasteiger charge is 2.33. The highest BCUT2D eigenvalue weighted by molar-refractivity contribution is 5.76. The second-order valence-corrected chi connectivity index (χ2v) is 4.67. The third-order valence-electron chi connectivity index (χ3n) is 3.36. The fourth-order valence-electron chi connectivity index (χ4n) is 2.27. The van der Waals surface area contributed by atoms with E-state index in [9.17, 15) is 9.59 Å². The van der Waals surface area contributed by atoms with Gasteiger partial charge in [0.25, 0.3) is 0 Å². The van der Waals surface area contributed by atoms with E-state index in [0.717, 1.165) is 6.42 Å². The maximum Gasteiger partial charge on any atom is 0.315 e. The van der Waals surface area contributed by atoms with Crippen molar-refractivity contribution in [1.29, 1.82) is 0 Å². The molecule has 2 atom stereocenters. The molecule has 0 aliphatic heterocycles. The van der Waals surface area contributed by atoms with Crippen LogP contribution >= 0.6 is 0 Å². The number of carbonyl (C=O) groups is 2. The molecule has 19 heavy (non-hydrogen) atoms. The molecule has 1 fully saturated rings. The summed E-state index contributed by atoms with van der Waals surface area (Å²) in [5, 5.41) is 21.9. The molecule has 3 N–H and O–H groups in total. The van der Waals surface area contributed by atoms with Crippen LogP contribution in [0.3, 0.4) is 0 Å². The summed E-state index contributed by atoms with van der Waals surface area (Å²) in [5.41, 5.74) is 0. The van der Waals surface area contributed by atoms with Crippen molar-refractivity contribution in [3.05, 3.63) is 12.2 Å². The van der Waals surface area contributed by atoms with E-state index in [1.807, 2.05) is 0 Å². The zero-order chi connectivity index (χ0) is 13.8. The quantitative estimate of drug-likeness (QED) is 0.704. The average Bonchev–Trinajstić information content (AvgIpc) is 2.95. The third kappa shape index (κ3) is 3.21. The van der Waals surface area contributed by atoms with Crippen molar-refractivity contribution in [2.24, 2.45) is 13.0 Å². The van der Waals surface area contributed by atoms with Crippen LogP contribution in [0, 0.1) is 5.92 Å². The van der Waals surface area contributed by atoms with Gasteiger partial charge in [-0.3, -0.25) is 4.79 Å². The number of nitrogens with one attached hydrogen (secondary N) is 2. The molecule has 104 valence electrons. The van der Waals surface area contributed by atoms with Gasteiger partial charge in [-0.1, -0.05) is 6.42 Å². The number of urea groups is 1. The fourth-order valence-corrected chi connectivity index (χ4v) is 2.27. The van der Waals surface area contributed by atoms with E-state index in [0.29, 0.717) is 18.7 Å². The summed E-state index contributed by atoms with van der Waals surface area (Å²) in [6.45, 7) is 0.257. The normalized spacial score (nSPS) is 22.2. The third-order valence-corrected chi connectivity index (χ3v) is 3.36. The minimum Gasteiger partial charge on any atom is -0.481 e. The first-order chi connectivity index (χ1) is 9.08. The number of carboxylic acid groups (broad SMARTS) is 1. The lowest BCUT2D eigenvalue weighted by molar-refractivity contribution is -0.142. The van der Waals surface area contributed by atoms with Gasteiger partial charge in [-0.15, -0.1) is 10.2 Å². The van der Waals surface area contributed by atoms with Crippen molar-refractivity contribution < 1.29 is 14.7 Å². The van der Waals surface area contributed by atoms with Crippen LogP contribution in [0.15, 0.2) is 6.33 Å². The predicted molar refractivity (Wildman–Crippen MR) is 65.1 cm³/mol. The SMILES string of the molecule is Cn1cnnc1CNC(=O)NC1CCCC1C(=O)O. The Balaban J connectivity index is 1.81. The van der Waals surface area contributed by atoms with E-state index >= 15 is 0 Å². The van der Waals surface area contributed by atoms with E-state index in [2.05, 4.69) is 20.8 Å². The molecule has 0 saturated heterocycles. The molecule has 1 saturated carbocycles. The van der Waals surface area contributed by atoms with Gasteiger partial charge in [-0.2, -0.15) is 0 Å². The fraction of sp³-hybridized carbons (Fsp3) is 0.636. The Bertz CT molecular complexity index is 473. The van der Waals surface area contributed by atoms with Crippen molar-refractivity contribution in [3.8, 4) is 0 Å². The van der Waals surface area contributed by atoms with E-state index in [4.69, 9.17) is 5.11 Å². The summed E-state index contributed by atoms with van der Waals surface area (Å²) in [6, 6.07) is -0.668. The van der Waals surface area contributed by atoms with Crippen LogP contribution < -0.4 is 10.6 Å². The largest absolute Gasteiger partial charge is 0.481 e. The molecule has 0 bridgehead atoms. The number of hydrogen-bond acceptors (Lipinski definition) is 4. The molecule has 1 aromatic rings. The van der Waals surface area contributed by atoms with Gasteiger partial charge in [0.1, 0.15) is 6.33 Å². The lowest BCUT2D eigenvalue weighted by atomic mass is 10.0. The van der Waals surface area contributed by atoms with Crippen molar-refractivity contribution in [2.75, 3.05) is 0 Å².